The Morgan fingerprint density at radius 3 is 2.34 bits per heavy atom. The molecule has 3 aromatic rings. The minimum Gasteiger partial charge on any atom is -0.491 e. The molecule has 0 radical (unpaired) electrons. The average molecular weight is 473 g/mol. The first-order valence-electron chi connectivity index (χ1n) is 12.6. The summed E-state index contributed by atoms with van der Waals surface area (Å²) in [5.74, 6) is -0.00372. The Hall–Kier alpha value is -3.18. The quantitative estimate of drug-likeness (QED) is 0.437. The molecule has 5 nitrogen and oxygen atoms in total. The molecular weight excluding hydrogens is 436 g/mol. The van der Waals surface area contributed by atoms with Crippen LogP contribution in [-0.2, 0) is 37.1 Å². The largest absolute Gasteiger partial charge is 0.491 e. The number of aryl methyl sites for hydroxylation is 3. The van der Waals surface area contributed by atoms with Crippen LogP contribution in [0.5, 0.6) is 5.75 Å². The molecule has 1 aromatic heterocycles. The number of fused-ring (bicyclic) bond motifs is 1. The number of benzene rings is 2. The van der Waals surface area contributed by atoms with E-state index in [9.17, 15) is 9.90 Å². The number of hydrogen-bond acceptors (Lipinski definition) is 4. The molecule has 0 bridgehead atoms. The summed E-state index contributed by atoms with van der Waals surface area (Å²) < 4.78 is 6.33. The minimum atomic E-state index is -0.794. The highest BCUT2D eigenvalue weighted by atomic mass is 16.5. The van der Waals surface area contributed by atoms with Gasteiger partial charge in [0.05, 0.1) is 11.8 Å². The molecule has 1 N–H and O–H groups in total. The van der Waals surface area contributed by atoms with Gasteiger partial charge in [0, 0.05) is 36.0 Å². The van der Waals surface area contributed by atoms with Crippen molar-refractivity contribution >= 4 is 5.97 Å². The number of pyridine rings is 1. The van der Waals surface area contributed by atoms with Crippen LogP contribution < -0.4 is 4.74 Å². The summed E-state index contributed by atoms with van der Waals surface area (Å²) in [6, 6.07) is 16.1. The summed E-state index contributed by atoms with van der Waals surface area (Å²) in [5.41, 5.74) is 8.81. The highest BCUT2D eigenvalue weighted by molar-refractivity contribution is 5.74. The summed E-state index contributed by atoms with van der Waals surface area (Å²) in [4.78, 5) is 19.3. The van der Waals surface area contributed by atoms with Crippen LogP contribution in [0.2, 0.25) is 0 Å². The van der Waals surface area contributed by atoms with E-state index in [0.29, 0.717) is 19.5 Å². The summed E-state index contributed by atoms with van der Waals surface area (Å²) in [5, 5.41) is 10.0. The first-order valence-corrected chi connectivity index (χ1v) is 12.6. The third kappa shape index (κ3) is 5.25. The predicted octanol–water partition coefficient (Wildman–Crippen LogP) is 5.98. The lowest BCUT2D eigenvalue weighted by atomic mass is 9.92. The van der Waals surface area contributed by atoms with Crippen molar-refractivity contribution in [3.8, 4) is 17.0 Å². The Bertz CT molecular complexity index is 1200. The second-order valence-corrected chi connectivity index (χ2v) is 9.63. The molecule has 0 saturated heterocycles. The molecule has 2 aromatic carbocycles. The topological polar surface area (TPSA) is 62.7 Å². The fourth-order valence-corrected chi connectivity index (χ4v) is 5.11. The molecule has 0 saturated carbocycles. The first-order chi connectivity index (χ1) is 16.8. The number of aliphatic carboxylic acids is 1. The van der Waals surface area contributed by atoms with Crippen LogP contribution in [0.25, 0.3) is 11.3 Å². The van der Waals surface area contributed by atoms with Crippen LogP contribution in [0, 0.1) is 6.92 Å². The summed E-state index contributed by atoms with van der Waals surface area (Å²) in [6.07, 6.45) is 2.35. The molecule has 0 spiro atoms. The van der Waals surface area contributed by atoms with Gasteiger partial charge < -0.3 is 9.84 Å². The zero-order valence-electron chi connectivity index (χ0n) is 21.5. The number of carboxylic acids is 1. The Balaban J connectivity index is 1.78. The van der Waals surface area contributed by atoms with Crippen molar-refractivity contribution in [1.82, 2.24) is 9.88 Å². The first kappa shape index (κ1) is 24.9. The molecule has 1 aliphatic heterocycles. The maximum atomic E-state index is 12.2. The van der Waals surface area contributed by atoms with E-state index in [-0.39, 0.29) is 6.10 Å². The molecular formula is C30H36N2O3. The molecule has 1 unspecified atom stereocenters. The van der Waals surface area contributed by atoms with Gasteiger partial charge in [-0.25, -0.2) is 0 Å². The zero-order chi connectivity index (χ0) is 25.1. The summed E-state index contributed by atoms with van der Waals surface area (Å²) in [6.45, 7) is 11.5. The van der Waals surface area contributed by atoms with Crippen LogP contribution >= 0.6 is 0 Å². The van der Waals surface area contributed by atoms with Gasteiger partial charge in [0.2, 0.25) is 0 Å². The lowest BCUT2D eigenvalue weighted by molar-refractivity contribution is -0.144. The molecule has 0 fully saturated rings. The van der Waals surface area contributed by atoms with Crippen LogP contribution in [-0.4, -0.2) is 33.1 Å². The fraction of sp³-hybridized carbons (Fsp3) is 0.400. The summed E-state index contributed by atoms with van der Waals surface area (Å²) >= 11 is 0. The Morgan fingerprint density at radius 1 is 1.09 bits per heavy atom. The minimum absolute atomic E-state index is 0.00665. The second kappa shape index (κ2) is 10.6. The van der Waals surface area contributed by atoms with Crippen molar-refractivity contribution in [1.29, 1.82) is 0 Å². The van der Waals surface area contributed by atoms with Crippen molar-refractivity contribution in [2.24, 2.45) is 0 Å². The van der Waals surface area contributed by atoms with Crippen molar-refractivity contribution < 1.29 is 14.6 Å². The van der Waals surface area contributed by atoms with E-state index in [0.717, 1.165) is 41.1 Å². The Kier molecular flexibility index (Phi) is 7.56. The van der Waals surface area contributed by atoms with Crippen molar-refractivity contribution in [2.75, 3.05) is 0 Å². The molecule has 0 amide bonds. The maximum Gasteiger partial charge on any atom is 0.321 e. The normalized spacial score (nSPS) is 15.8. The van der Waals surface area contributed by atoms with Gasteiger partial charge in [0.1, 0.15) is 11.8 Å². The summed E-state index contributed by atoms with van der Waals surface area (Å²) in [7, 11) is 0. The van der Waals surface area contributed by atoms with E-state index in [4.69, 9.17) is 9.72 Å². The van der Waals surface area contributed by atoms with E-state index >= 15 is 0 Å². The van der Waals surface area contributed by atoms with E-state index in [1.807, 2.05) is 43.9 Å². The molecule has 5 heteroatoms. The van der Waals surface area contributed by atoms with Gasteiger partial charge in [0.25, 0.3) is 0 Å². The SMILES string of the molecule is CCc1cccc(CC)c1-c1cc(OC(C)C)c(CN2Cc3ccccc3CC2C(=O)O)c(C)n1. The van der Waals surface area contributed by atoms with E-state index in [2.05, 4.69) is 44.2 Å². The number of carboxylic acid groups (broad SMARTS) is 1. The second-order valence-electron chi connectivity index (χ2n) is 9.63. The third-order valence-corrected chi connectivity index (χ3v) is 6.90. The van der Waals surface area contributed by atoms with Gasteiger partial charge in [-0.15, -0.1) is 0 Å². The Labute approximate surface area is 208 Å². The number of carbonyl (C=O) groups is 1. The molecule has 0 aliphatic carbocycles. The number of ether oxygens (including phenoxy) is 1. The van der Waals surface area contributed by atoms with Crippen LogP contribution in [0.1, 0.15) is 61.2 Å². The molecule has 1 aliphatic rings. The van der Waals surface area contributed by atoms with Gasteiger partial charge in [-0.1, -0.05) is 56.3 Å². The average Bonchev–Trinajstić information content (AvgIpc) is 2.84. The van der Waals surface area contributed by atoms with Crippen LogP contribution in [0.4, 0.5) is 0 Å². The molecule has 4 rings (SSSR count). The van der Waals surface area contributed by atoms with Crippen LogP contribution in [0.15, 0.2) is 48.5 Å². The lowest BCUT2D eigenvalue weighted by Gasteiger charge is -2.35. The molecule has 2 heterocycles. The number of nitrogens with zero attached hydrogens (tertiary/aromatic N) is 2. The lowest BCUT2D eigenvalue weighted by Crippen LogP contribution is -2.45. The number of hydrogen-bond donors (Lipinski definition) is 1. The predicted molar refractivity (Wildman–Crippen MR) is 140 cm³/mol. The van der Waals surface area contributed by atoms with E-state index < -0.39 is 12.0 Å². The molecule has 1 atom stereocenters. The molecule has 35 heavy (non-hydrogen) atoms. The fourth-order valence-electron chi connectivity index (χ4n) is 5.11. The van der Waals surface area contributed by atoms with E-state index in [1.54, 1.807) is 0 Å². The highest BCUT2D eigenvalue weighted by Gasteiger charge is 2.32. The molecule has 184 valence electrons. The monoisotopic (exact) mass is 472 g/mol. The van der Waals surface area contributed by atoms with Crippen LogP contribution in [0.3, 0.4) is 0 Å². The number of aromatic nitrogens is 1. The van der Waals surface area contributed by atoms with Gasteiger partial charge >= 0.3 is 5.97 Å². The van der Waals surface area contributed by atoms with Crippen molar-refractivity contribution in [3.63, 3.8) is 0 Å². The van der Waals surface area contributed by atoms with E-state index in [1.165, 1.54) is 22.3 Å². The van der Waals surface area contributed by atoms with Crippen molar-refractivity contribution in [3.05, 3.63) is 82.0 Å². The van der Waals surface area contributed by atoms with Gasteiger partial charge in [0.15, 0.2) is 0 Å². The van der Waals surface area contributed by atoms with Gasteiger partial charge in [-0.2, -0.15) is 0 Å². The maximum absolute atomic E-state index is 12.2. The smallest absolute Gasteiger partial charge is 0.321 e. The Morgan fingerprint density at radius 2 is 1.74 bits per heavy atom. The highest BCUT2D eigenvalue weighted by Crippen LogP contribution is 2.35. The standard InChI is InChI=1S/C30H36N2O3/c1-6-21-13-10-14-22(7-2)29(21)26-16-28(35-19(3)4)25(20(5)31-26)18-32-17-24-12-9-8-11-23(24)15-27(32)30(33)34/h8-14,16,19,27H,6-7,15,17-18H2,1-5H3,(H,33,34). The van der Waals surface area contributed by atoms with Gasteiger partial charge in [-0.05, 0) is 62.3 Å². The zero-order valence-corrected chi connectivity index (χ0v) is 21.5. The third-order valence-electron chi connectivity index (χ3n) is 6.90. The number of rotatable bonds is 8. The van der Waals surface area contributed by atoms with Crippen molar-refractivity contribution in [2.45, 2.75) is 79.1 Å². The van der Waals surface area contributed by atoms with Gasteiger partial charge in [-0.3, -0.25) is 14.7 Å².